The van der Waals surface area contributed by atoms with Crippen molar-refractivity contribution in [2.24, 2.45) is 0 Å². The molecule has 0 aliphatic carbocycles. The monoisotopic (exact) mass is 294 g/mol. The fourth-order valence-corrected chi connectivity index (χ4v) is 2.09. The van der Waals surface area contributed by atoms with Crippen molar-refractivity contribution in [1.29, 1.82) is 5.26 Å². The average molecular weight is 294 g/mol. The number of nitrogens with zero attached hydrogens (tertiary/aromatic N) is 3. The van der Waals surface area contributed by atoms with E-state index in [1.165, 1.54) is 11.1 Å². The summed E-state index contributed by atoms with van der Waals surface area (Å²) in [5.74, 6) is 0.783. The highest BCUT2D eigenvalue weighted by Gasteiger charge is 2.08. The lowest BCUT2D eigenvalue weighted by molar-refractivity contribution is 0.265. The van der Waals surface area contributed by atoms with Gasteiger partial charge in [0, 0.05) is 25.3 Å². The first-order chi connectivity index (χ1) is 10.6. The van der Waals surface area contributed by atoms with Gasteiger partial charge in [0.05, 0.1) is 5.56 Å². The number of rotatable bonds is 6. The Bertz CT molecular complexity index is 641. The molecular weight excluding hydrogens is 272 g/mol. The van der Waals surface area contributed by atoms with E-state index in [9.17, 15) is 0 Å². The van der Waals surface area contributed by atoms with Crippen LogP contribution in [-0.4, -0.2) is 23.0 Å². The van der Waals surface area contributed by atoms with E-state index in [1.807, 2.05) is 6.07 Å². The van der Waals surface area contributed by atoms with E-state index in [-0.39, 0.29) is 0 Å². The van der Waals surface area contributed by atoms with Crippen molar-refractivity contribution in [2.75, 3.05) is 12.4 Å². The fraction of sp³-hybridized carbons (Fsp3) is 0.333. The molecule has 0 amide bonds. The second-order valence-corrected chi connectivity index (χ2v) is 5.68. The van der Waals surface area contributed by atoms with E-state index < -0.39 is 0 Å². The Kier molecular flexibility index (Phi) is 5.51. The topological polar surface area (TPSA) is 52.0 Å². The van der Waals surface area contributed by atoms with Gasteiger partial charge in [0.15, 0.2) is 0 Å². The third-order valence-corrected chi connectivity index (χ3v) is 3.77. The molecule has 2 rings (SSSR count). The van der Waals surface area contributed by atoms with Gasteiger partial charge in [0.25, 0.3) is 0 Å². The fourth-order valence-electron chi connectivity index (χ4n) is 2.09. The van der Waals surface area contributed by atoms with Gasteiger partial charge in [-0.2, -0.15) is 5.26 Å². The van der Waals surface area contributed by atoms with Crippen LogP contribution in [0.15, 0.2) is 42.6 Å². The van der Waals surface area contributed by atoms with Crippen LogP contribution in [0.3, 0.4) is 0 Å². The van der Waals surface area contributed by atoms with Crippen molar-refractivity contribution in [1.82, 2.24) is 9.88 Å². The summed E-state index contributed by atoms with van der Waals surface area (Å²) in [5, 5.41) is 12.1. The maximum absolute atomic E-state index is 8.79. The molecule has 0 fully saturated rings. The molecule has 1 aromatic carbocycles. The van der Waals surface area contributed by atoms with Crippen molar-refractivity contribution in [2.45, 2.75) is 33.0 Å². The van der Waals surface area contributed by atoms with Gasteiger partial charge in [-0.25, -0.2) is 4.98 Å². The summed E-state index contributed by atoms with van der Waals surface area (Å²) >= 11 is 0. The second-order valence-electron chi connectivity index (χ2n) is 5.68. The number of pyridine rings is 1. The molecule has 0 atom stereocenters. The van der Waals surface area contributed by atoms with Gasteiger partial charge >= 0.3 is 0 Å². The number of aromatic nitrogens is 1. The van der Waals surface area contributed by atoms with Crippen LogP contribution in [0.5, 0.6) is 0 Å². The van der Waals surface area contributed by atoms with Gasteiger partial charge in [-0.1, -0.05) is 24.3 Å². The quantitative estimate of drug-likeness (QED) is 0.887. The molecule has 0 aliphatic rings. The molecule has 0 spiro atoms. The maximum atomic E-state index is 8.79. The van der Waals surface area contributed by atoms with E-state index in [0.717, 1.165) is 18.9 Å². The predicted octanol–water partition coefficient (Wildman–Crippen LogP) is 3.41. The lowest BCUT2D eigenvalue weighted by Crippen LogP contribution is -2.26. The summed E-state index contributed by atoms with van der Waals surface area (Å²) < 4.78 is 0. The maximum Gasteiger partial charge on any atom is 0.126 e. The molecule has 0 unspecified atom stereocenters. The zero-order valence-corrected chi connectivity index (χ0v) is 13.4. The van der Waals surface area contributed by atoms with Crippen molar-refractivity contribution >= 4 is 5.82 Å². The van der Waals surface area contributed by atoms with Gasteiger partial charge in [-0.3, -0.25) is 4.90 Å². The van der Waals surface area contributed by atoms with Crippen molar-refractivity contribution < 1.29 is 0 Å². The van der Waals surface area contributed by atoms with Crippen LogP contribution in [0.4, 0.5) is 5.82 Å². The third kappa shape index (κ3) is 4.31. The summed E-state index contributed by atoms with van der Waals surface area (Å²) in [4.78, 5) is 6.56. The molecule has 1 aromatic heterocycles. The van der Waals surface area contributed by atoms with Crippen molar-refractivity contribution in [3.8, 4) is 6.07 Å². The number of hydrogen-bond acceptors (Lipinski definition) is 4. The zero-order valence-electron chi connectivity index (χ0n) is 13.4. The van der Waals surface area contributed by atoms with Crippen LogP contribution >= 0.6 is 0 Å². The minimum absolute atomic E-state index is 0.515. The molecule has 1 N–H and O–H groups in total. The highest BCUT2D eigenvalue weighted by Crippen LogP contribution is 2.14. The van der Waals surface area contributed by atoms with Crippen LogP contribution in [0, 0.1) is 11.3 Å². The number of benzene rings is 1. The number of nitriles is 1. The van der Waals surface area contributed by atoms with Crippen LogP contribution in [-0.2, 0) is 13.1 Å². The molecule has 22 heavy (non-hydrogen) atoms. The number of hydrogen-bond donors (Lipinski definition) is 1. The Hall–Kier alpha value is -2.38. The van der Waals surface area contributed by atoms with Crippen molar-refractivity contribution in [3.63, 3.8) is 0 Å². The first-order valence-corrected chi connectivity index (χ1v) is 7.47. The lowest BCUT2D eigenvalue weighted by Gasteiger charge is -2.22. The van der Waals surface area contributed by atoms with Gasteiger partial charge in [0.1, 0.15) is 11.9 Å². The van der Waals surface area contributed by atoms with Crippen LogP contribution in [0.25, 0.3) is 0 Å². The summed E-state index contributed by atoms with van der Waals surface area (Å²) in [5.41, 5.74) is 3.16. The van der Waals surface area contributed by atoms with Gasteiger partial charge < -0.3 is 5.32 Å². The predicted molar refractivity (Wildman–Crippen MR) is 89.3 cm³/mol. The first-order valence-electron chi connectivity index (χ1n) is 7.47. The summed E-state index contributed by atoms with van der Waals surface area (Å²) in [7, 11) is 2.14. The molecule has 1 heterocycles. The molecule has 0 aliphatic heterocycles. The molecule has 0 bridgehead atoms. The Morgan fingerprint density at radius 2 is 1.91 bits per heavy atom. The number of anilines is 1. The minimum atomic E-state index is 0.515. The Balaban J connectivity index is 2.04. The van der Waals surface area contributed by atoms with E-state index in [0.29, 0.717) is 11.6 Å². The van der Waals surface area contributed by atoms with E-state index >= 15 is 0 Å². The second kappa shape index (κ2) is 7.58. The van der Waals surface area contributed by atoms with Crippen LogP contribution in [0.1, 0.15) is 30.5 Å². The Labute approximate surface area is 132 Å². The first kappa shape index (κ1) is 16.0. The summed E-state index contributed by atoms with van der Waals surface area (Å²) in [6.07, 6.45) is 1.58. The highest BCUT2D eigenvalue weighted by atomic mass is 15.1. The van der Waals surface area contributed by atoms with Crippen molar-refractivity contribution in [3.05, 3.63) is 59.3 Å². The standard InChI is InChI=1S/C18H22N4/c1-14(2)22(3)13-17-7-5-4-6-16(17)12-21-18-9-8-15(10-19)11-20-18/h4-9,11,14H,12-13H2,1-3H3,(H,20,21). The van der Waals surface area contributed by atoms with E-state index in [2.05, 4.69) is 66.4 Å². The smallest absolute Gasteiger partial charge is 0.126 e. The van der Waals surface area contributed by atoms with E-state index in [1.54, 1.807) is 12.3 Å². The number of nitrogens with one attached hydrogen (secondary N) is 1. The van der Waals surface area contributed by atoms with Gasteiger partial charge in [-0.15, -0.1) is 0 Å². The molecule has 0 radical (unpaired) electrons. The van der Waals surface area contributed by atoms with Gasteiger partial charge in [0.2, 0.25) is 0 Å². The third-order valence-electron chi connectivity index (χ3n) is 3.77. The SMILES string of the molecule is CC(C)N(C)Cc1ccccc1CNc1ccc(C#N)cn1. The van der Waals surface area contributed by atoms with Crippen LogP contribution in [0.2, 0.25) is 0 Å². The summed E-state index contributed by atoms with van der Waals surface area (Å²) in [6, 6.07) is 14.6. The minimum Gasteiger partial charge on any atom is -0.366 e. The molecular formula is C18H22N4. The lowest BCUT2D eigenvalue weighted by atomic mass is 10.1. The highest BCUT2D eigenvalue weighted by molar-refractivity contribution is 5.40. The van der Waals surface area contributed by atoms with Gasteiger partial charge in [-0.05, 0) is 44.2 Å². The molecule has 114 valence electrons. The molecule has 2 aromatic rings. The Morgan fingerprint density at radius 1 is 1.18 bits per heavy atom. The Morgan fingerprint density at radius 3 is 2.50 bits per heavy atom. The molecule has 0 saturated heterocycles. The van der Waals surface area contributed by atoms with Crippen LogP contribution < -0.4 is 5.32 Å². The zero-order chi connectivity index (χ0) is 15.9. The molecule has 4 heteroatoms. The van der Waals surface area contributed by atoms with E-state index in [4.69, 9.17) is 5.26 Å². The molecule has 4 nitrogen and oxygen atoms in total. The largest absolute Gasteiger partial charge is 0.366 e. The normalized spacial score (nSPS) is 10.7. The average Bonchev–Trinajstić information content (AvgIpc) is 2.54. The summed E-state index contributed by atoms with van der Waals surface area (Å²) in [6.45, 7) is 6.04. The molecule has 0 saturated carbocycles.